The molecule has 5 nitrogen and oxygen atoms in total. The number of methoxy groups -OCH3 is 1. The molecule has 0 saturated carbocycles. The van der Waals surface area contributed by atoms with Crippen molar-refractivity contribution in [3.8, 4) is 11.5 Å². The summed E-state index contributed by atoms with van der Waals surface area (Å²) in [4.78, 5) is 11.5. The maximum Gasteiger partial charge on any atom is 0.337 e. The Morgan fingerprint density at radius 3 is 2.14 bits per heavy atom. The average Bonchev–Trinajstić information content (AvgIpc) is 2.76. The van der Waals surface area contributed by atoms with Gasteiger partial charge < -0.3 is 19.9 Å². The Kier molecular flexibility index (Phi) is 6.78. The van der Waals surface area contributed by atoms with Crippen molar-refractivity contribution in [3.05, 3.63) is 95.6 Å². The van der Waals surface area contributed by atoms with E-state index in [1.54, 1.807) is 12.1 Å². The van der Waals surface area contributed by atoms with Gasteiger partial charge in [0.25, 0.3) is 0 Å². The van der Waals surface area contributed by atoms with Crippen molar-refractivity contribution in [3.63, 3.8) is 0 Å². The quantitative estimate of drug-likeness (QED) is 0.586. The summed E-state index contributed by atoms with van der Waals surface area (Å²) in [5, 5.41) is 0. The molecule has 0 aliphatic rings. The van der Waals surface area contributed by atoms with E-state index in [0.29, 0.717) is 18.7 Å². The van der Waals surface area contributed by atoms with Crippen LogP contribution in [0.5, 0.6) is 11.5 Å². The average molecular weight is 377 g/mol. The molecule has 2 N–H and O–H groups in total. The first-order valence-electron chi connectivity index (χ1n) is 9.01. The molecule has 0 spiro atoms. The first-order chi connectivity index (χ1) is 13.7. The predicted molar refractivity (Wildman–Crippen MR) is 107 cm³/mol. The van der Waals surface area contributed by atoms with Crippen LogP contribution in [-0.4, -0.2) is 19.6 Å². The van der Waals surface area contributed by atoms with Crippen LogP contribution in [-0.2, 0) is 16.1 Å². The van der Waals surface area contributed by atoms with Crippen LogP contribution in [0.1, 0.15) is 27.6 Å². The molecule has 1 atom stereocenters. The third-order valence-corrected chi connectivity index (χ3v) is 4.27. The lowest BCUT2D eigenvalue weighted by molar-refractivity contribution is 0.0455. The predicted octanol–water partition coefficient (Wildman–Crippen LogP) is 4.48. The van der Waals surface area contributed by atoms with E-state index in [1.165, 1.54) is 7.11 Å². The van der Waals surface area contributed by atoms with E-state index in [4.69, 9.17) is 19.9 Å². The lowest BCUT2D eigenvalue weighted by atomic mass is 10.1. The fraction of sp³-hybridized carbons (Fsp3) is 0.174. The first kappa shape index (κ1) is 19.6. The van der Waals surface area contributed by atoms with Crippen LogP contribution in [0.2, 0.25) is 0 Å². The molecule has 3 rings (SSSR count). The van der Waals surface area contributed by atoms with Gasteiger partial charge in [-0.15, -0.1) is 0 Å². The van der Waals surface area contributed by atoms with Gasteiger partial charge in [0.05, 0.1) is 25.4 Å². The van der Waals surface area contributed by atoms with Crippen molar-refractivity contribution < 1.29 is 19.0 Å². The van der Waals surface area contributed by atoms with Gasteiger partial charge in [-0.05, 0) is 47.5 Å². The van der Waals surface area contributed by atoms with E-state index in [-0.39, 0.29) is 12.1 Å². The maximum atomic E-state index is 11.5. The van der Waals surface area contributed by atoms with Crippen molar-refractivity contribution in [2.24, 2.45) is 5.73 Å². The van der Waals surface area contributed by atoms with Gasteiger partial charge in [-0.25, -0.2) is 4.79 Å². The Bertz CT molecular complexity index is 877. The molecule has 1 unspecified atom stereocenters. The zero-order valence-electron chi connectivity index (χ0n) is 15.7. The molecule has 144 valence electrons. The minimum atomic E-state index is -0.356. The number of benzene rings is 3. The molecule has 0 aliphatic heterocycles. The van der Waals surface area contributed by atoms with Gasteiger partial charge in [0.1, 0.15) is 11.5 Å². The number of carbonyl (C=O) groups excluding carboxylic acids is 1. The molecule has 3 aromatic carbocycles. The normalized spacial score (nSPS) is 11.6. The van der Waals surface area contributed by atoms with Crippen molar-refractivity contribution in [2.45, 2.75) is 12.7 Å². The number of ether oxygens (including phenoxy) is 3. The van der Waals surface area contributed by atoms with E-state index in [9.17, 15) is 4.79 Å². The molecular formula is C23H23NO4. The van der Waals surface area contributed by atoms with Crippen LogP contribution in [0.15, 0.2) is 78.9 Å². The SMILES string of the molecule is COC(=O)c1ccc(COC(CN)c2ccc(Oc3ccccc3)cc2)cc1. The number of rotatable bonds is 8. The summed E-state index contributed by atoms with van der Waals surface area (Å²) in [6.07, 6.45) is -0.231. The highest BCUT2D eigenvalue weighted by Crippen LogP contribution is 2.25. The van der Waals surface area contributed by atoms with Gasteiger partial charge in [-0.3, -0.25) is 0 Å². The molecule has 0 fully saturated rings. The Morgan fingerprint density at radius 1 is 0.893 bits per heavy atom. The zero-order valence-corrected chi connectivity index (χ0v) is 15.7. The molecule has 5 heteroatoms. The maximum absolute atomic E-state index is 11.5. The summed E-state index contributed by atoms with van der Waals surface area (Å²) >= 11 is 0. The van der Waals surface area contributed by atoms with Gasteiger partial charge in [-0.1, -0.05) is 42.5 Å². The third-order valence-electron chi connectivity index (χ3n) is 4.27. The highest BCUT2D eigenvalue weighted by molar-refractivity contribution is 5.89. The van der Waals surface area contributed by atoms with Gasteiger partial charge in [0, 0.05) is 6.54 Å². The number of esters is 1. The number of nitrogens with two attached hydrogens (primary N) is 1. The largest absolute Gasteiger partial charge is 0.465 e. The van der Waals surface area contributed by atoms with E-state index >= 15 is 0 Å². The molecule has 3 aromatic rings. The monoisotopic (exact) mass is 377 g/mol. The van der Waals surface area contributed by atoms with Gasteiger partial charge in [-0.2, -0.15) is 0 Å². The summed E-state index contributed by atoms with van der Waals surface area (Å²) < 4.78 is 16.5. The van der Waals surface area contributed by atoms with Crippen molar-refractivity contribution in [1.82, 2.24) is 0 Å². The Balaban J connectivity index is 1.59. The van der Waals surface area contributed by atoms with E-state index < -0.39 is 0 Å². The fourth-order valence-electron chi connectivity index (χ4n) is 2.73. The Hall–Kier alpha value is -3.15. The molecule has 0 heterocycles. The minimum Gasteiger partial charge on any atom is -0.465 e. The number of para-hydroxylation sites is 1. The highest BCUT2D eigenvalue weighted by atomic mass is 16.5. The number of hydrogen-bond acceptors (Lipinski definition) is 5. The highest BCUT2D eigenvalue weighted by Gasteiger charge is 2.11. The molecule has 0 amide bonds. The van der Waals surface area contributed by atoms with E-state index in [1.807, 2.05) is 66.7 Å². The van der Waals surface area contributed by atoms with Gasteiger partial charge in [0.15, 0.2) is 0 Å². The summed E-state index contributed by atoms with van der Waals surface area (Å²) in [7, 11) is 1.36. The van der Waals surface area contributed by atoms with Gasteiger partial charge >= 0.3 is 5.97 Å². The van der Waals surface area contributed by atoms with Crippen molar-refractivity contribution >= 4 is 5.97 Å². The van der Waals surface area contributed by atoms with Crippen LogP contribution in [0, 0.1) is 0 Å². The summed E-state index contributed by atoms with van der Waals surface area (Å²) in [6.45, 7) is 0.755. The van der Waals surface area contributed by atoms with Crippen LogP contribution < -0.4 is 10.5 Å². The first-order valence-corrected chi connectivity index (χ1v) is 9.01. The molecule has 0 radical (unpaired) electrons. The summed E-state index contributed by atoms with van der Waals surface area (Å²) in [5.74, 6) is 1.19. The fourth-order valence-corrected chi connectivity index (χ4v) is 2.73. The van der Waals surface area contributed by atoms with Crippen LogP contribution in [0.3, 0.4) is 0 Å². The second-order valence-electron chi connectivity index (χ2n) is 6.21. The summed E-state index contributed by atoms with van der Waals surface area (Å²) in [5.41, 5.74) is 8.34. The molecular weight excluding hydrogens is 354 g/mol. The van der Waals surface area contributed by atoms with Gasteiger partial charge in [0.2, 0.25) is 0 Å². The summed E-state index contributed by atoms with van der Waals surface area (Å²) in [6, 6.07) is 24.5. The lowest BCUT2D eigenvalue weighted by Gasteiger charge is -2.17. The standard InChI is InChI=1S/C23H23NO4/c1-26-23(25)19-9-7-17(8-10-19)16-27-22(15-24)18-11-13-21(14-12-18)28-20-5-3-2-4-6-20/h2-14,22H,15-16,24H2,1H3. The number of carbonyl (C=O) groups is 1. The smallest absolute Gasteiger partial charge is 0.337 e. The van der Waals surface area contributed by atoms with E-state index in [0.717, 1.165) is 22.6 Å². The number of hydrogen-bond donors (Lipinski definition) is 1. The van der Waals surface area contributed by atoms with Crippen LogP contribution in [0.25, 0.3) is 0 Å². The van der Waals surface area contributed by atoms with Crippen molar-refractivity contribution in [2.75, 3.05) is 13.7 Å². The molecule has 0 bridgehead atoms. The zero-order chi connectivity index (χ0) is 19.8. The van der Waals surface area contributed by atoms with Crippen LogP contribution in [0.4, 0.5) is 0 Å². The molecule has 28 heavy (non-hydrogen) atoms. The van der Waals surface area contributed by atoms with E-state index in [2.05, 4.69) is 0 Å². The topological polar surface area (TPSA) is 70.8 Å². The molecule has 0 aliphatic carbocycles. The molecule has 0 aromatic heterocycles. The second kappa shape index (κ2) is 9.69. The van der Waals surface area contributed by atoms with Crippen molar-refractivity contribution in [1.29, 1.82) is 0 Å². The molecule has 0 saturated heterocycles. The van der Waals surface area contributed by atoms with Crippen LogP contribution >= 0.6 is 0 Å². The Labute approximate surface area is 164 Å². The second-order valence-corrected chi connectivity index (χ2v) is 6.21. The Morgan fingerprint density at radius 2 is 1.54 bits per heavy atom. The minimum absolute atomic E-state index is 0.231. The lowest BCUT2D eigenvalue weighted by Crippen LogP contribution is -2.15. The third kappa shape index (κ3) is 5.19.